The van der Waals surface area contributed by atoms with Gasteiger partial charge in [0.1, 0.15) is 0 Å². The third-order valence-corrected chi connectivity index (χ3v) is 5.42. The second kappa shape index (κ2) is 7.62. The molecule has 0 saturated carbocycles. The minimum atomic E-state index is -0.0651. The fourth-order valence-electron chi connectivity index (χ4n) is 2.17. The van der Waals surface area contributed by atoms with Gasteiger partial charge in [-0.25, -0.2) is 0 Å². The number of phenols is 1. The van der Waals surface area contributed by atoms with Crippen LogP contribution in [0.25, 0.3) is 0 Å². The van der Waals surface area contributed by atoms with Gasteiger partial charge in [-0.1, -0.05) is 0 Å². The number of benzene rings is 2. The normalized spacial score (nSPS) is 12.0. The molecule has 0 radical (unpaired) electrons. The van der Waals surface area contributed by atoms with Crippen LogP contribution in [0.2, 0.25) is 5.32 Å². The molecule has 0 atom stereocenters. The number of rotatable bonds is 5. The van der Waals surface area contributed by atoms with E-state index in [9.17, 15) is 5.11 Å². The topological polar surface area (TPSA) is 32.6 Å². The molecule has 0 amide bonds. The molecule has 0 aliphatic carbocycles. The molecule has 0 spiro atoms. The van der Waals surface area contributed by atoms with Crippen LogP contribution in [0.1, 0.15) is 31.9 Å². The zero-order valence-electron chi connectivity index (χ0n) is 13.4. The van der Waals surface area contributed by atoms with Crippen molar-refractivity contribution in [3.05, 3.63) is 59.7 Å². The number of hydrogen-bond donors (Lipinski definition) is 1. The second-order valence-electron chi connectivity index (χ2n) is 6.19. The van der Waals surface area contributed by atoms with Crippen molar-refractivity contribution in [1.82, 2.24) is 0 Å². The first-order valence-electron chi connectivity index (χ1n) is 7.48. The van der Waals surface area contributed by atoms with Crippen molar-refractivity contribution in [1.29, 1.82) is 0 Å². The summed E-state index contributed by atoms with van der Waals surface area (Å²) in [6.45, 7) is 7.11. The summed E-state index contributed by atoms with van der Waals surface area (Å²) < 4.78 is 1.41. The van der Waals surface area contributed by atoms with Crippen molar-refractivity contribution in [2.75, 3.05) is 6.54 Å². The molecule has 2 aromatic carbocycles. The number of para-hydroxylation sites is 1. The summed E-state index contributed by atoms with van der Waals surface area (Å²) in [6, 6.07) is 16.4. The summed E-state index contributed by atoms with van der Waals surface area (Å²) in [7, 11) is 0. The van der Waals surface area contributed by atoms with Gasteiger partial charge in [0.2, 0.25) is 0 Å². The SMILES string of the molecule is CC(C)(C)c1cccc(C=NCC[Se]c2ccccc2)c1O. The van der Waals surface area contributed by atoms with Crippen LogP contribution in [0.3, 0.4) is 0 Å². The number of aromatic hydroxyl groups is 1. The molecule has 0 saturated heterocycles. The molecular formula is C19H23NOSe. The number of phenolic OH excluding ortho intramolecular Hbond substituents is 1. The summed E-state index contributed by atoms with van der Waals surface area (Å²) in [5.74, 6) is 0.354. The zero-order valence-corrected chi connectivity index (χ0v) is 15.1. The van der Waals surface area contributed by atoms with E-state index in [0.29, 0.717) is 20.7 Å². The first kappa shape index (κ1) is 16.8. The van der Waals surface area contributed by atoms with Gasteiger partial charge in [0, 0.05) is 0 Å². The Hall–Kier alpha value is -1.57. The first-order valence-corrected chi connectivity index (χ1v) is 9.55. The van der Waals surface area contributed by atoms with E-state index in [1.54, 1.807) is 6.21 Å². The molecule has 0 aliphatic rings. The van der Waals surface area contributed by atoms with Crippen LogP contribution in [0.15, 0.2) is 53.5 Å². The summed E-state index contributed by atoms with van der Waals surface area (Å²) in [4.78, 5) is 4.47. The van der Waals surface area contributed by atoms with Crippen LogP contribution in [0.4, 0.5) is 0 Å². The molecule has 2 rings (SSSR count). The number of hydrogen-bond acceptors (Lipinski definition) is 2. The molecule has 0 bridgehead atoms. The van der Waals surface area contributed by atoms with E-state index >= 15 is 0 Å². The third kappa shape index (κ3) is 4.72. The molecule has 116 valence electrons. The molecule has 3 heteroatoms. The Morgan fingerprint density at radius 3 is 2.45 bits per heavy atom. The summed E-state index contributed by atoms with van der Waals surface area (Å²) in [6.07, 6.45) is 1.80. The van der Waals surface area contributed by atoms with Crippen LogP contribution in [0.5, 0.6) is 5.75 Å². The molecule has 0 heterocycles. The van der Waals surface area contributed by atoms with Gasteiger partial charge in [-0.15, -0.1) is 0 Å². The molecule has 0 aliphatic heterocycles. The van der Waals surface area contributed by atoms with Gasteiger partial charge < -0.3 is 0 Å². The van der Waals surface area contributed by atoms with E-state index in [-0.39, 0.29) is 5.41 Å². The maximum absolute atomic E-state index is 10.4. The summed E-state index contributed by atoms with van der Waals surface area (Å²) >= 11 is 0.466. The van der Waals surface area contributed by atoms with Gasteiger partial charge in [0.25, 0.3) is 0 Å². The van der Waals surface area contributed by atoms with Gasteiger partial charge in [-0.05, 0) is 0 Å². The van der Waals surface area contributed by atoms with Crippen LogP contribution in [0, 0.1) is 0 Å². The second-order valence-corrected chi connectivity index (χ2v) is 8.64. The Kier molecular flexibility index (Phi) is 5.82. The van der Waals surface area contributed by atoms with E-state index in [1.807, 2.05) is 24.3 Å². The van der Waals surface area contributed by atoms with Crippen LogP contribution < -0.4 is 4.46 Å². The Morgan fingerprint density at radius 1 is 1.05 bits per heavy atom. The molecule has 0 unspecified atom stereocenters. The van der Waals surface area contributed by atoms with Crippen molar-refractivity contribution in [2.45, 2.75) is 31.5 Å². The van der Waals surface area contributed by atoms with Crippen molar-refractivity contribution < 1.29 is 5.11 Å². The van der Waals surface area contributed by atoms with Gasteiger partial charge in [0.15, 0.2) is 0 Å². The van der Waals surface area contributed by atoms with Crippen molar-refractivity contribution in [3.8, 4) is 5.75 Å². The van der Waals surface area contributed by atoms with Crippen molar-refractivity contribution >= 4 is 25.6 Å². The van der Waals surface area contributed by atoms with Crippen molar-refractivity contribution in [3.63, 3.8) is 0 Å². The number of aliphatic imine (C=N–C) groups is 1. The van der Waals surface area contributed by atoms with E-state index in [2.05, 4.69) is 50.0 Å². The van der Waals surface area contributed by atoms with Gasteiger partial charge in [-0.2, -0.15) is 0 Å². The molecular weight excluding hydrogens is 337 g/mol. The quantitative estimate of drug-likeness (QED) is 0.494. The molecule has 2 nitrogen and oxygen atoms in total. The third-order valence-electron chi connectivity index (χ3n) is 3.34. The van der Waals surface area contributed by atoms with E-state index < -0.39 is 0 Å². The molecule has 1 N–H and O–H groups in total. The molecule has 2 aromatic rings. The van der Waals surface area contributed by atoms with Crippen LogP contribution >= 0.6 is 0 Å². The minimum absolute atomic E-state index is 0.0651. The van der Waals surface area contributed by atoms with E-state index in [0.717, 1.165) is 23.0 Å². The predicted octanol–water partition coefficient (Wildman–Crippen LogP) is 3.56. The van der Waals surface area contributed by atoms with E-state index in [4.69, 9.17) is 0 Å². The van der Waals surface area contributed by atoms with E-state index in [1.165, 1.54) is 4.46 Å². The zero-order chi connectivity index (χ0) is 16.0. The molecule has 22 heavy (non-hydrogen) atoms. The Balaban J connectivity index is 1.93. The number of nitrogens with zero attached hydrogens (tertiary/aromatic N) is 1. The summed E-state index contributed by atoms with van der Waals surface area (Å²) in [5.41, 5.74) is 1.70. The van der Waals surface area contributed by atoms with Gasteiger partial charge in [-0.3, -0.25) is 0 Å². The van der Waals surface area contributed by atoms with Gasteiger partial charge in [0.05, 0.1) is 0 Å². The predicted molar refractivity (Wildman–Crippen MR) is 95.9 cm³/mol. The average Bonchev–Trinajstić information content (AvgIpc) is 2.48. The first-order chi connectivity index (χ1) is 10.5. The van der Waals surface area contributed by atoms with Crippen LogP contribution in [-0.4, -0.2) is 32.8 Å². The fourth-order valence-corrected chi connectivity index (χ4v) is 3.81. The van der Waals surface area contributed by atoms with Gasteiger partial charge >= 0.3 is 139 Å². The Morgan fingerprint density at radius 2 is 1.77 bits per heavy atom. The maximum atomic E-state index is 10.4. The average molecular weight is 360 g/mol. The van der Waals surface area contributed by atoms with Crippen molar-refractivity contribution in [2.24, 2.45) is 4.99 Å². The fraction of sp³-hybridized carbons (Fsp3) is 0.316. The molecule has 0 fully saturated rings. The van der Waals surface area contributed by atoms with Crippen LogP contribution in [-0.2, 0) is 5.41 Å². The monoisotopic (exact) mass is 361 g/mol. The Bertz CT molecular complexity index is 630. The summed E-state index contributed by atoms with van der Waals surface area (Å²) in [5, 5.41) is 11.4. The molecule has 0 aromatic heterocycles. The Labute approximate surface area is 139 Å². The standard InChI is InChI=1S/C19H23NOSe/c1-19(2,3)17-11-7-8-15(18(17)21)14-20-12-13-22-16-9-5-4-6-10-16/h4-11,14,21H,12-13H2,1-3H3.